The normalized spacial score (nSPS) is 10.2. The van der Waals surface area contributed by atoms with E-state index < -0.39 is 0 Å². The van der Waals surface area contributed by atoms with Gasteiger partial charge in [-0.25, -0.2) is 0 Å². The smallest absolute Gasteiger partial charge is 0.219 e. The summed E-state index contributed by atoms with van der Waals surface area (Å²) < 4.78 is 4.60. The molecule has 0 aliphatic rings. The third kappa shape index (κ3) is 5.11. The van der Waals surface area contributed by atoms with Gasteiger partial charge >= 0.3 is 0 Å². The van der Waals surface area contributed by atoms with Crippen LogP contribution < -0.4 is 10.6 Å². The predicted molar refractivity (Wildman–Crippen MR) is 54.2 cm³/mol. The summed E-state index contributed by atoms with van der Waals surface area (Å²) in [5.41, 5.74) is 0. The van der Waals surface area contributed by atoms with E-state index in [4.69, 9.17) is 0 Å². The Hall–Kier alpha value is -1.43. The van der Waals surface area contributed by atoms with Gasteiger partial charge in [0.05, 0.1) is 0 Å². The zero-order valence-corrected chi connectivity index (χ0v) is 8.82. The Kier molecular flexibility index (Phi) is 5.39. The number of nitrogens with zero attached hydrogens (tertiary/aromatic N) is 2. The van der Waals surface area contributed by atoms with Crippen LogP contribution in [0.15, 0.2) is 10.9 Å². The van der Waals surface area contributed by atoms with Gasteiger partial charge in [-0.15, -0.1) is 0 Å². The molecule has 2 N–H and O–H groups in total. The minimum Gasteiger partial charge on any atom is -0.359 e. The van der Waals surface area contributed by atoms with E-state index in [9.17, 15) is 4.79 Å². The summed E-state index contributed by atoms with van der Waals surface area (Å²) in [6.45, 7) is 1.62. The van der Waals surface area contributed by atoms with Crippen molar-refractivity contribution in [1.82, 2.24) is 20.8 Å². The fourth-order valence-electron chi connectivity index (χ4n) is 1.13. The minimum atomic E-state index is 0.0787. The molecule has 6 nitrogen and oxygen atoms in total. The molecule has 6 heteroatoms. The Balaban J connectivity index is 1.91. The molecule has 1 amide bonds. The lowest BCUT2D eigenvalue weighted by Gasteiger charge is -2.02. The Labute approximate surface area is 88.4 Å². The van der Waals surface area contributed by atoms with Crippen LogP contribution in [0.3, 0.4) is 0 Å². The van der Waals surface area contributed by atoms with Crippen molar-refractivity contribution >= 4 is 5.91 Å². The molecule has 1 heterocycles. The summed E-state index contributed by atoms with van der Waals surface area (Å²) in [5.74, 6) is 0.781. The Bertz CT molecular complexity index is 274. The third-order valence-corrected chi connectivity index (χ3v) is 1.97. The molecule has 0 atom stereocenters. The fourth-order valence-corrected chi connectivity index (χ4v) is 1.13. The number of carbonyl (C=O) groups is 1. The summed E-state index contributed by atoms with van der Waals surface area (Å²) in [7, 11) is 1.64. The first-order valence-electron chi connectivity index (χ1n) is 4.99. The molecule has 15 heavy (non-hydrogen) atoms. The highest BCUT2D eigenvalue weighted by Gasteiger charge is 1.98. The number of hydrogen-bond donors (Lipinski definition) is 2. The fraction of sp³-hybridized carbons (Fsp3) is 0.667. The number of hydrogen-bond acceptors (Lipinski definition) is 5. The van der Waals surface area contributed by atoms with Crippen LogP contribution in [0, 0.1) is 0 Å². The second kappa shape index (κ2) is 6.94. The molecule has 0 unspecified atom stereocenters. The van der Waals surface area contributed by atoms with Gasteiger partial charge in [0, 0.05) is 26.4 Å². The van der Waals surface area contributed by atoms with E-state index in [1.54, 1.807) is 7.05 Å². The van der Waals surface area contributed by atoms with Crippen LogP contribution in [-0.2, 0) is 11.2 Å². The number of aromatic nitrogens is 2. The molecule has 0 aliphatic heterocycles. The van der Waals surface area contributed by atoms with Crippen LogP contribution in [0.4, 0.5) is 0 Å². The number of amides is 1. The summed E-state index contributed by atoms with van der Waals surface area (Å²) in [5, 5.41) is 9.47. The SMILES string of the molecule is CNC(=O)CCCNCCc1ncon1. The van der Waals surface area contributed by atoms with Gasteiger partial charge in [-0.2, -0.15) is 4.98 Å². The highest BCUT2D eigenvalue weighted by Crippen LogP contribution is 1.89. The van der Waals surface area contributed by atoms with E-state index in [0.717, 1.165) is 25.9 Å². The summed E-state index contributed by atoms with van der Waals surface area (Å²) in [6, 6.07) is 0. The topological polar surface area (TPSA) is 80.0 Å². The zero-order chi connectivity index (χ0) is 10.9. The average molecular weight is 212 g/mol. The Morgan fingerprint density at radius 2 is 2.40 bits per heavy atom. The van der Waals surface area contributed by atoms with Crippen LogP contribution >= 0.6 is 0 Å². The quantitative estimate of drug-likeness (QED) is 0.608. The van der Waals surface area contributed by atoms with Crippen LogP contribution in [-0.4, -0.2) is 36.2 Å². The molecular weight excluding hydrogens is 196 g/mol. The highest BCUT2D eigenvalue weighted by molar-refractivity contribution is 5.75. The van der Waals surface area contributed by atoms with Crippen LogP contribution in [0.2, 0.25) is 0 Å². The third-order valence-electron chi connectivity index (χ3n) is 1.97. The van der Waals surface area contributed by atoms with Crippen LogP contribution in [0.5, 0.6) is 0 Å². The maximum atomic E-state index is 10.9. The standard InChI is InChI=1S/C9H16N4O2/c1-10-9(14)3-2-5-11-6-4-8-12-7-15-13-8/h7,11H,2-6H2,1H3,(H,10,14). The molecule has 0 bridgehead atoms. The van der Waals surface area contributed by atoms with Gasteiger partial charge in [0.2, 0.25) is 12.3 Å². The predicted octanol–water partition coefficient (Wildman–Crippen LogP) is -0.272. The number of nitrogens with one attached hydrogen (secondary N) is 2. The van der Waals surface area contributed by atoms with E-state index in [-0.39, 0.29) is 5.91 Å². The van der Waals surface area contributed by atoms with E-state index in [1.807, 2.05) is 0 Å². The van der Waals surface area contributed by atoms with Gasteiger partial charge in [-0.3, -0.25) is 4.79 Å². The van der Waals surface area contributed by atoms with Gasteiger partial charge in [0.15, 0.2) is 5.82 Å². The molecule has 1 rings (SSSR count). The van der Waals surface area contributed by atoms with Gasteiger partial charge in [0.1, 0.15) is 0 Å². The molecule has 84 valence electrons. The first kappa shape index (κ1) is 11.6. The van der Waals surface area contributed by atoms with Crippen molar-refractivity contribution in [3.05, 3.63) is 12.2 Å². The van der Waals surface area contributed by atoms with Crippen molar-refractivity contribution in [1.29, 1.82) is 0 Å². The molecule has 0 saturated carbocycles. The van der Waals surface area contributed by atoms with Gasteiger partial charge in [-0.1, -0.05) is 5.16 Å². The molecule has 0 spiro atoms. The molecular formula is C9H16N4O2. The van der Waals surface area contributed by atoms with E-state index in [2.05, 4.69) is 25.3 Å². The lowest BCUT2D eigenvalue weighted by molar-refractivity contribution is -0.120. The first-order chi connectivity index (χ1) is 7.33. The molecule has 0 saturated heterocycles. The lowest BCUT2D eigenvalue weighted by atomic mass is 10.3. The monoisotopic (exact) mass is 212 g/mol. The van der Waals surface area contributed by atoms with E-state index in [1.165, 1.54) is 6.39 Å². The molecule has 1 aromatic heterocycles. The lowest BCUT2D eigenvalue weighted by Crippen LogP contribution is -2.22. The van der Waals surface area contributed by atoms with E-state index >= 15 is 0 Å². The van der Waals surface area contributed by atoms with Gasteiger partial charge < -0.3 is 15.2 Å². The summed E-state index contributed by atoms with van der Waals surface area (Å²) in [4.78, 5) is 14.8. The summed E-state index contributed by atoms with van der Waals surface area (Å²) >= 11 is 0. The molecule has 0 aliphatic carbocycles. The maximum Gasteiger partial charge on any atom is 0.219 e. The molecule has 0 aromatic carbocycles. The second-order valence-corrected chi connectivity index (χ2v) is 3.12. The Morgan fingerprint density at radius 3 is 3.07 bits per heavy atom. The van der Waals surface area contributed by atoms with Gasteiger partial charge in [0.25, 0.3) is 0 Å². The van der Waals surface area contributed by atoms with Crippen LogP contribution in [0.1, 0.15) is 18.7 Å². The zero-order valence-electron chi connectivity index (χ0n) is 8.82. The van der Waals surface area contributed by atoms with Crippen molar-refractivity contribution in [2.24, 2.45) is 0 Å². The van der Waals surface area contributed by atoms with Crippen LogP contribution in [0.25, 0.3) is 0 Å². The Morgan fingerprint density at radius 1 is 1.53 bits per heavy atom. The number of carbonyl (C=O) groups excluding carboxylic acids is 1. The van der Waals surface area contributed by atoms with Crippen molar-refractivity contribution in [2.45, 2.75) is 19.3 Å². The van der Waals surface area contributed by atoms with Crippen molar-refractivity contribution < 1.29 is 9.32 Å². The van der Waals surface area contributed by atoms with Gasteiger partial charge in [-0.05, 0) is 13.0 Å². The molecule has 0 fully saturated rings. The summed E-state index contributed by atoms with van der Waals surface area (Å²) in [6.07, 6.45) is 3.47. The van der Waals surface area contributed by atoms with Crippen molar-refractivity contribution in [2.75, 3.05) is 20.1 Å². The minimum absolute atomic E-state index is 0.0787. The largest absolute Gasteiger partial charge is 0.359 e. The molecule has 1 aromatic rings. The van der Waals surface area contributed by atoms with Crippen molar-refractivity contribution in [3.8, 4) is 0 Å². The molecule has 0 radical (unpaired) electrons. The second-order valence-electron chi connectivity index (χ2n) is 3.12. The van der Waals surface area contributed by atoms with Crippen molar-refractivity contribution in [3.63, 3.8) is 0 Å². The first-order valence-corrected chi connectivity index (χ1v) is 4.99. The van der Waals surface area contributed by atoms with E-state index in [0.29, 0.717) is 12.2 Å². The number of rotatable bonds is 7. The highest BCUT2D eigenvalue weighted by atomic mass is 16.5. The average Bonchev–Trinajstić information content (AvgIpc) is 2.75. The maximum absolute atomic E-state index is 10.9.